The third kappa shape index (κ3) is 2.51. The van der Waals surface area contributed by atoms with E-state index in [9.17, 15) is 9.59 Å². The van der Waals surface area contributed by atoms with Gasteiger partial charge in [-0.1, -0.05) is 6.08 Å². The quantitative estimate of drug-likeness (QED) is 0.591. The van der Waals surface area contributed by atoms with Crippen molar-refractivity contribution in [2.24, 2.45) is 0 Å². The summed E-state index contributed by atoms with van der Waals surface area (Å²) in [5, 5.41) is 0. The van der Waals surface area contributed by atoms with Crippen molar-refractivity contribution in [1.29, 1.82) is 0 Å². The van der Waals surface area contributed by atoms with Crippen LogP contribution in [0, 0.1) is 0 Å². The van der Waals surface area contributed by atoms with Crippen molar-refractivity contribution in [2.45, 2.75) is 13.8 Å². The minimum Gasteiger partial charge on any atom is -0.485 e. The summed E-state index contributed by atoms with van der Waals surface area (Å²) in [7, 11) is 0. The molecule has 1 aliphatic rings. The van der Waals surface area contributed by atoms with Crippen LogP contribution in [0.2, 0.25) is 0 Å². The van der Waals surface area contributed by atoms with Gasteiger partial charge in [0.25, 0.3) is 0 Å². The molecule has 1 aromatic carbocycles. The Bertz CT molecular complexity index is 530. The van der Waals surface area contributed by atoms with E-state index in [-0.39, 0.29) is 11.5 Å². The molecule has 1 aromatic rings. The predicted octanol–water partition coefficient (Wildman–Crippen LogP) is 1.94. The highest BCUT2D eigenvalue weighted by molar-refractivity contribution is 5.78. The van der Waals surface area contributed by atoms with E-state index in [0.717, 1.165) is 5.56 Å². The molecule has 0 radical (unpaired) electrons. The molecule has 0 saturated heterocycles. The molecule has 0 spiro atoms. The van der Waals surface area contributed by atoms with Gasteiger partial charge in [-0.3, -0.25) is 9.59 Å². The van der Waals surface area contributed by atoms with Gasteiger partial charge in [-0.15, -0.1) is 0 Å². The fraction of sp³-hybridized carbons (Fsp3) is 0.231. The lowest BCUT2D eigenvalue weighted by atomic mass is 10.1. The minimum atomic E-state index is -0.505. The van der Waals surface area contributed by atoms with E-state index in [0.29, 0.717) is 12.4 Å². The molecular formula is C13H12O5. The zero-order chi connectivity index (χ0) is 13.1. The number of ether oxygens (including phenoxy) is 3. The monoisotopic (exact) mass is 248 g/mol. The Hall–Kier alpha value is -2.30. The van der Waals surface area contributed by atoms with E-state index in [1.165, 1.54) is 13.8 Å². The highest BCUT2D eigenvalue weighted by atomic mass is 16.6. The van der Waals surface area contributed by atoms with Crippen LogP contribution in [0.3, 0.4) is 0 Å². The van der Waals surface area contributed by atoms with E-state index in [2.05, 4.69) is 0 Å². The molecule has 94 valence electrons. The van der Waals surface area contributed by atoms with Gasteiger partial charge >= 0.3 is 11.9 Å². The number of benzene rings is 1. The van der Waals surface area contributed by atoms with Crippen molar-refractivity contribution in [3.05, 3.63) is 23.8 Å². The minimum absolute atomic E-state index is 0.138. The molecule has 5 heteroatoms. The number of rotatable bonds is 2. The summed E-state index contributed by atoms with van der Waals surface area (Å²) in [5.74, 6) is -0.276. The van der Waals surface area contributed by atoms with Crippen molar-refractivity contribution in [3.8, 4) is 17.2 Å². The van der Waals surface area contributed by atoms with Crippen LogP contribution in [0.25, 0.3) is 6.08 Å². The highest BCUT2D eigenvalue weighted by Gasteiger charge is 2.20. The second-order valence-electron chi connectivity index (χ2n) is 3.71. The van der Waals surface area contributed by atoms with Crippen LogP contribution in [0.5, 0.6) is 17.2 Å². The van der Waals surface area contributed by atoms with Gasteiger partial charge in [-0.2, -0.15) is 0 Å². The molecule has 1 aliphatic heterocycles. The first-order valence-corrected chi connectivity index (χ1v) is 5.41. The van der Waals surface area contributed by atoms with Crippen LogP contribution in [0.15, 0.2) is 18.2 Å². The topological polar surface area (TPSA) is 61.8 Å². The molecule has 5 nitrogen and oxygen atoms in total. The number of carbonyl (C=O) groups is 2. The zero-order valence-corrected chi connectivity index (χ0v) is 10.1. The maximum Gasteiger partial charge on any atom is 0.308 e. The first-order chi connectivity index (χ1) is 8.58. The molecule has 0 N–H and O–H groups in total. The molecule has 0 fully saturated rings. The Morgan fingerprint density at radius 1 is 1.17 bits per heavy atom. The summed E-state index contributed by atoms with van der Waals surface area (Å²) in [5.41, 5.74) is 0.772. The van der Waals surface area contributed by atoms with Crippen molar-refractivity contribution < 1.29 is 23.8 Å². The Morgan fingerprint density at radius 3 is 2.56 bits per heavy atom. The average Bonchev–Trinajstić information content (AvgIpc) is 2.31. The molecule has 18 heavy (non-hydrogen) atoms. The fourth-order valence-corrected chi connectivity index (χ4v) is 1.62. The highest BCUT2D eigenvalue weighted by Crippen LogP contribution is 2.42. The maximum absolute atomic E-state index is 11.1. The first-order valence-electron chi connectivity index (χ1n) is 5.41. The summed E-state index contributed by atoms with van der Waals surface area (Å²) in [6.07, 6.45) is 3.69. The van der Waals surface area contributed by atoms with Crippen molar-refractivity contribution in [3.63, 3.8) is 0 Å². The van der Waals surface area contributed by atoms with E-state index in [1.54, 1.807) is 12.1 Å². The number of hydrogen-bond donors (Lipinski definition) is 0. The van der Waals surface area contributed by atoms with Crippen LogP contribution in [-0.2, 0) is 9.59 Å². The molecule has 0 aromatic heterocycles. The fourth-order valence-electron chi connectivity index (χ4n) is 1.62. The average molecular weight is 248 g/mol. The van der Waals surface area contributed by atoms with Gasteiger partial charge in [0.1, 0.15) is 6.61 Å². The Balaban J connectivity index is 2.49. The zero-order valence-electron chi connectivity index (χ0n) is 10.1. The lowest BCUT2D eigenvalue weighted by Crippen LogP contribution is -2.10. The standard InChI is InChI=1S/C13H12O5/c1-8(14)17-11-6-5-10-4-3-7-16-12(10)13(11)18-9(2)15/h3-6H,7H2,1-2H3. The summed E-state index contributed by atoms with van der Waals surface area (Å²) >= 11 is 0. The number of carbonyl (C=O) groups excluding carboxylic acids is 2. The lowest BCUT2D eigenvalue weighted by molar-refractivity contribution is -0.134. The smallest absolute Gasteiger partial charge is 0.308 e. The summed E-state index contributed by atoms with van der Waals surface area (Å²) in [6.45, 7) is 2.93. The van der Waals surface area contributed by atoms with E-state index in [1.807, 2.05) is 12.2 Å². The van der Waals surface area contributed by atoms with Crippen LogP contribution < -0.4 is 14.2 Å². The largest absolute Gasteiger partial charge is 0.485 e. The molecule has 0 aliphatic carbocycles. The molecule has 0 atom stereocenters. The third-order valence-corrected chi connectivity index (χ3v) is 2.23. The van der Waals surface area contributed by atoms with E-state index >= 15 is 0 Å². The van der Waals surface area contributed by atoms with Gasteiger partial charge in [-0.05, 0) is 18.2 Å². The molecular weight excluding hydrogens is 236 g/mol. The summed E-state index contributed by atoms with van der Waals surface area (Å²) in [4.78, 5) is 22.1. The molecule has 0 saturated carbocycles. The predicted molar refractivity (Wildman–Crippen MR) is 63.6 cm³/mol. The molecule has 0 amide bonds. The number of fused-ring (bicyclic) bond motifs is 1. The van der Waals surface area contributed by atoms with Gasteiger partial charge < -0.3 is 14.2 Å². The summed E-state index contributed by atoms with van der Waals surface area (Å²) < 4.78 is 15.5. The second kappa shape index (κ2) is 4.91. The molecule has 0 unspecified atom stereocenters. The van der Waals surface area contributed by atoms with Crippen molar-refractivity contribution >= 4 is 18.0 Å². The van der Waals surface area contributed by atoms with Crippen LogP contribution in [-0.4, -0.2) is 18.5 Å². The normalized spacial score (nSPS) is 12.3. The van der Waals surface area contributed by atoms with Gasteiger partial charge in [0, 0.05) is 19.4 Å². The van der Waals surface area contributed by atoms with Crippen molar-refractivity contribution in [2.75, 3.05) is 6.61 Å². The SMILES string of the molecule is CC(=O)Oc1ccc2c(c1OC(C)=O)OCC=C2. The summed E-state index contributed by atoms with van der Waals surface area (Å²) in [6, 6.07) is 3.30. The van der Waals surface area contributed by atoms with E-state index < -0.39 is 11.9 Å². The van der Waals surface area contributed by atoms with Gasteiger partial charge in [0.05, 0.1) is 0 Å². The Labute approximate surface area is 104 Å². The van der Waals surface area contributed by atoms with Crippen molar-refractivity contribution in [1.82, 2.24) is 0 Å². The second-order valence-corrected chi connectivity index (χ2v) is 3.71. The van der Waals surface area contributed by atoms with E-state index in [4.69, 9.17) is 14.2 Å². The van der Waals surface area contributed by atoms with Gasteiger partial charge in [-0.25, -0.2) is 0 Å². The molecule has 1 heterocycles. The van der Waals surface area contributed by atoms with Gasteiger partial charge in [0.2, 0.25) is 5.75 Å². The first kappa shape index (κ1) is 12.2. The lowest BCUT2D eigenvalue weighted by Gasteiger charge is -2.18. The third-order valence-electron chi connectivity index (χ3n) is 2.23. The molecule has 2 rings (SSSR count). The Morgan fingerprint density at radius 2 is 1.89 bits per heavy atom. The number of hydrogen-bond acceptors (Lipinski definition) is 5. The molecule has 0 bridgehead atoms. The Kier molecular flexibility index (Phi) is 3.32. The van der Waals surface area contributed by atoms with Gasteiger partial charge in [0.15, 0.2) is 11.5 Å². The van der Waals surface area contributed by atoms with Crippen LogP contribution in [0.4, 0.5) is 0 Å². The maximum atomic E-state index is 11.1. The van der Waals surface area contributed by atoms with Crippen LogP contribution in [0.1, 0.15) is 19.4 Å². The van der Waals surface area contributed by atoms with Crippen LogP contribution >= 0.6 is 0 Å². The number of esters is 2.